The predicted octanol–water partition coefficient (Wildman–Crippen LogP) is 4.15. The highest BCUT2D eigenvalue weighted by Gasteiger charge is 2.13. The van der Waals surface area contributed by atoms with Gasteiger partial charge >= 0.3 is 0 Å². The SMILES string of the molecule is CCOCCOc1ccccc1C(=O)Nc1ccc(Cl)c(F)c1. The highest BCUT2D eigenvalue weighted by Crippen LogP contribution is 2.22. The molecule has 0 fully saturated rings. The van der Waals surface area contributed by atoms with Gasteiger partial charge in [-0.15, -0.1) is 0 Å². The van der Waals surface area contributed by atoms with Crippen molar-refractivity contribution in [2.24, 2.45) is 0 Å². The molecule has 0 aliphatic heterocycles. The van der Waals surface area contributed by atoms with E-state index in [0.29, 0.717) is 36.8 Å². The molecule has 6 heteroatoms. The fourth-order valence-electron chi connectivity index (χ4n) is 1.91. The van der Waals surface area contributed by atoms with Crippen LogP contribution in [0.2, 0.25) is 5.02 Å². The third-order valence-electron chi connectivity index (χ3n) is 3.00. The summed E-state index contributed by atoms with van der Waals surface area (Å²) in [6, 6.07) is 10.9. The van der Waals surface area contributed by atoms with E-state index in [-0.39, 0.29) is 5.02 Å². The molecule has 0 unspecified atom stereocenters. The lowest BCUT2D eigenvalue weighted by Gasteiger charge is -2.12. The van der Waals surface area contributed by atoms with Crippen LogP contribution in [0.1, 0.15) is 17.3 Å². The smallest absolute Gasteiger partial charge is 0.259 e. The lowest BCUT2D eigenvalue weighted by Crippen LogP contribution is -2.15. The van der Waals surface area contributed by atoms with E-state index in [1.54, 1.807) is 24.3 Å². The van der Waals surface area contributed by atoms with E-state index >= 15 is 0 Å². The Kier molecular flexibility index (Phi) is 6.38. The van der Waals surface area contributed by atoms with E-state index in [2.05, 4.69) is 5.32 Å². The lowest BCUT2D eigenvalue weighted by atomic mass is 10.2. The molecule has 0 heterocycles. The molecule has 0 aliphatic rings. The maximum absolute atomic E-state index is 13.4. The van der Waals surface area contributed by atoms with Gasteiger partial charge in [0.05, 0.1) is 17.2 Å². The fraction of sp³-hybridized carbons (Fsp3) is 0.235. The molecule has 1 N–H and O–H groups in total. The van der Waals surface area contributed by atoms with Crippen LogP contribution in [0.15, 0.2) is 42.5 Å². The number of amides is 1. The van der Waals surface area contributed by atoms with Crippen LogP contribution in [0.25, 0.3) is 0 Å². The van der Waals surface area contributed by atoms with Crippen molar-refractivity contribution in [3.63, 3.8) is 0 Å². The largest absolute Gasteiger partial charge is 0.490 e. The molecule has 0 saturated carbocycles. The van der Waals surface area contributed by atoms with Crippen molar-refractivity contribution in [2.75, 3.05) is 25.1 Å². The second-order valence-corrected chi connectivity index (χ2v) is 5.03. The Morgan fingerprint density at radius 3 is 2.74 bits per heavy atom. The quantitative estimate of drug-likeness (QED) is 0.772. The molecule has 23 heavy (non-hydrogen) atoms. The van der Waals surface area contributed by atoms with Gasteiger partial charge in [0, 0.05) is 12.3 Å². The standard InChI is InChI=1S/C17H17ClFNO3/c1-2-22-9-10-23-16-6-4-3-5-13(16)17(21)20-12-7-8-14(18)15(19)11-12/h3-8,11H,2,9-10H2,1H3,(H,20,21). The molecular formula is C17H17ClFNO3. The number of hydrogen-bond donors (Lipinski definition) is 1. The van der Waals surface area contributed by atoms with Crippen molar-refractivity contribution in [3.8, 4) is 5.75 Å². The Bertz CT molecular complexity index is 679. The topological polar surface area (TPSA) is 47.6 Å². The van der Waals surface area contributed by atoms with Gasteiger partial charge in [0.15, 0.2) is 0 Å². The number of nitrogens with one attached hydrogen (secondary N) is 1. The number of carbonyl (C=O) groups excluding carboxylic acids is 1. The van der Waals surface area contributed by atoms with Gasteiger partial charge in [-0.2, -0.15) is 0 Å². The molecule has 1 amide bonds. The van der Waals surface area contributed by atoms with E-state index in [1.807, 2.05) is 6.92 Å². The number of para-hydroxylation sites is 1. The first-order valence-corrected chi connectivity index (χ1v) is 7.55. The molecule has 0 saturated heterocycles. The Labute approximate surface area is 139 Å². The summed E-state index contributed by atoms with van der Waals surface area (Å²) in [4.78, 5) is 12.3. The first kappa shape index (κ1) is 17.2. The van der Waals surface area contributed by atoms with Crippen LogP contribution in [-0.2, 0) is 4.74 Å². The summed E-state index contributed by atoms with van der Waals surface area (Å²) in [6.07, 6.45) is 0. The van der Waals surface area contributed by atoms with Crippen molar-refractivity contribution in [1.82, 2.24) is 0 Å². The summed E-state index contributed by atoms with van der Waals surface area (Å²) in [7, 11) is 0. The Morgan fingerprint density at radius 1 is 1.22 bits per heavy atom. The van der Waals surface area contributed by atoms with Crippen LogP contribution in [0.4, 0.5) is 10.1 Å². The molecule has 0 bridgehead atoms. The normalized spacial score (nSPS) is 10.4. The monoisotopic (exact) mass is 337 g/mol. The number of anilines is 1. The van der Waals surface area contributed by atoms with E-state index in [9.17, 15) is 9.18 Å². The Balaban J connectivity index is 2.07. The van der Waals surface area contributed by atoms with E-state index < -0.39 is 11.7 Å². The summed E-state index contributed by atoms with van der Waals surface area (Å²) in [5.41, 5.74) is 0.681. The number of carbonyl (C=O) groups is 1. The van der Waals surface area contributed by atoms with Gasteiger partial charge in [-0.25, -0.2) is 4.39 Å². The van der Waals surface area contributed by atoms with Crippen LogP contribution < -0.4 is 10.1 Å². The molecule has 4 nitrogen and oxygen atoms in total. The molecule has 2 aromatic rings. The fourth-order valence-corrected chi connectivity index (χ4v) is 2.02. The second kappa shape index (κ2) is 8.50. The minimum atomic E-state index is -0.592. The van der Waals surface area contributed by atoms with E-state index in [0.717, 1.165) is 0 Å². The van der Waals surface area contributed by atoms with Gasteiger partial charge in [0.1, 0.15) is 18.2 Å². The molecule has 2 rings (SSSR count). The van der Waals surface area contributed by atoms with Crippen molar-refractivity contribution in [1.29, 1.82) is 0 Å². The number of benzene rings is 2. The zero-order valence-corrected chi connectivity index (χ0v) is 13.4. The van der Waals surface area contributed by atoms with Gasteiger partial charge in [-0.05, 0) is 37.3 Å². The van der Waals surface area contributed by atoms with E-state index in [4.69, 9.17) is 21.1 Å². The van der Waals surface area contributed by atoms with Gasteiger partial charge in [-0.3, -0.25) is 4.79 Å². The highest BCUT2D eigenvalue weighted by atomic mass is 35.5. The number of ether oxygens (including phenoxy) is 2. The zero-order chi connectivity index (χ0) is 16.7. The third kappa shape index (κ3) is 4.94. The molecule has 2 aromatic carbocycles. The molecule has 0 aromatic heterocycles. The molecule has 0 radical (unpaired) electrons. The third-order valence-corrected chi connectivity index (χ3v) is 3.31. The highest BCUT2D eigenvalue weighted by molar-refractivity contribution is 6.30. The van der Waals surface area contributed by atoms with Gasteiger partial charge in [0.25, 0.3) is 5.91 Å². The number of hydrogen-bond acceptors (Lipinski definition) is 3. The maximum Gasteiger partial charge on any atom is 0.259 e. The summed E-state index contributed by atoms with van der Waals surface area (Å²) < 4.78 is 24.2. The number of rotatable bonds is 7. The maximum atomic E-state index is 13.4. The van der Waals surface area contributed by atoms with Crippen molar-refractivity contribution < 1.29 is 18.7 Å². The van der Waals surface area contributed by atoms with Crippen LogP contribution in [0, 0.1) is 5.82 Å². The molecule has 0 atom stereocenters. The van der Waals surface area contributed by atoms with E-state index in [1.165, 1.54) is 18.2 Å². The van der Waals surface area contributed by atoms with Gasteiger partial charge in [-0.1, -0.05) is 23.7 Å². The summed E-state index contributed by atoms with van der Waals surface area (Å²) >= 11 is 5.62. The summed E-state index contributed by atoms with van der Waals surface area (Å²) in [5, 5.41) is 2.62. The van der Waals surface area contributed by atoms with Gasteiger partial charge in [0.2, 0.25) is 0 Å². The van der Waals surface area contributed by atoms with Gasteiger partial charge < -0.3 is 14.8 Å². The molecule has 0 aliphatic carbocycles. The van der Waals surface area contributed by atoms with Crippen LogP contribution in [0.5, 0.6) is 5.75 Å². The van der Waals surface area contributed by atoms with Crippen molar-refractivity contribution in [2.45, 2.75) is 6.92 Å². The van der Waals surface area contributed by atoms with Crippen molar-refractivity contribution >= 4 is 23.2 Å². The minimum Gasteiger partial charge on any atom is -0.490 e. The average Bonchev–Trinajstić information content (AvgIpc) is 2.55. The van der Waals surface area contributed by atoms with Crippen LogP contribution >= 0.6 is 11.6 Å². The zero-order valence-electron chi connectivity index (χ0n) is 12.6. The predicted molar refractivity (Wildman–Crippen MR) is 87.8 cm³/mol. The first-order chi connectivity index (χ1) is 11.1. The number of halogens is 2. The second-order valence-electron chi connectivity index (χ2n) is 4.62. The lowest BCUT2D eigenvalue weighted by molar-refractivity contribution is 0.0998. The Hall–Kier alpha value is -2.11. The first-order valence-electron chi connectivity index (χ1n) is 7.17. The molecule has 122 valence electrons. The van der Waals surface area contributed by atoms with Crippen LogP contribution in [-0.4, -0.2) is 25.7 Å². The summed E-state index contributed by atoms with van der Waals surface area (Å²) in [5.74, 6) is -0.538. The minimum absolute atomic E-state index is 0.00246. The average molecular weight is 338 g/mol. The molecule has 0 spiro atoms. The molecular weight excluding hydrogens is 321 g/mol. The van der Waals surface area contributed by atoms with Crippen molar-refractivity contribution in [3.05, 3.63) is 58.9 Å². The van der Waals surface area contributed by atoms with Crippen LogP contribution in [0.3, 0.4) is 0 Å². The Morgan fingerprint density at radius 2 is 2.00 bits per heavy atom. The summed E-state index contributed by atoms with van der Waals surface area (Å²) in [6.45, 7) is 3.28.